The average Bonchev–Trinajstić information content (AvgIpc) is 2.90. The normalized spacial score (nSPS) is 21.4. The largest absolute Gasteiger partial charge is 0.309 e. The van der Waals surface area contributed by atoms with Gasteiger partial charge in [-0.05, 0) is 44.5 Å². The van der Waals surface area contributed by atoms with Crippen LogP contribution in [0.2, 0.25) is 15.1 Å². The number of nitrogens with one attached hydrogen (secondary N) is 1. The van der Waals surface area contributed by atoms with Gasteiger partial charge in [-0.1, -0.05) is 47.8 Å². The van der Waals surface area contributed by atoms with Crippen molar-refractivity contribution >= 4 is 34.8 Å². The summed E-state index contributed by atoms with van der Waals surface area (Å²) in [5.41, 5.74) is 1.00. The van der Waals surface area contributed by atoms with Gasteiger partial charge in [-0.3, -0.25) is 4.90 Å². The number of hydrogen-bond donors (Lipinski definition) is 1. The molecule has 1 N–H and O–H groups in total. The third-order valence-electron chi connectivity index (χ3n) is 4.10. The molecule has 112 valence electrons. The fourth-order valence-electron chi connectivity index (χ4n) is 2.84. The SMILES string of the molecule is CCN1CCCC1CNC(C)c1ccc(Cl)c(Cl)c1Cl. The Morgan fingerprint density at radius 2 is 2.05 bits per heavy atom. The molecule has 0 aromatic heterocycles. The first-order valence-electron chi connectivity index (χ1n) is 7.15. The van der Waals surface area contributed by atoms with E-state index in [2.05, 4.69) is 24.1 Å². The summed E-state index contributed by atoms with van der Waals surface area (Å²) in [6.07, 6.45) is 2.56. The smallest absolute Gasteiger partial charge is 0.0781 e. The Hall–Kier alpha value is 0.01000. The molecule has 0 amide bonds. The Bertz CT molecular complexity index is 465. The van der Waals surface area contributed by atoms with E-state index in [1.54, 1.807) is 6.07 Å². The van der Waals surface area contributed by atoms with E-state index in [1.807, 2.05) is 6.07 Å². The first-order chi connectivity index (χ1) is 9.54. The van der Waals surface area contributed by atoms with Gasteiger partial charge in [0, 0.05) is 18.6 Å². The number of likely N-dealkylation sites (tertiary alicyclic amines) is 1. The van der Waals surface area contributed by atoms with Crippen molar-refractivity contribution in [3.8, 4) is 0 Å². The maximum atomic E-state index is 6.28. The summed E-state index contributed by atoms with van der Waals surface area (Å²) in [5.74, 6) is 0. The van der Waals surface area contributed by atoms with E-state index in [0.29, 0.717) is 21.1 Å². The molecule has 1 aliphatic rings. The number of likely N-dealkylation sites (N-methyl/N-ethyl adjacent to an activating group) is 1. The van der Waals surface area contributed by atoms with Crippen LogP contribution in [-0.4, -0.2) is 30.6 Å². The van der Waals surface area contributed by atoms with Crippen LogP contribution >= 0.6 is 34.8 Å². The zero-order valence-electron chi connectivity index (χ0n) is 11.9. The van der Waals surface area contributed by atoms with Crippen molar-refractivity contribution in [2.45, 2.75) is 38.8 Å². The van der Waals surface area contributed by atoms with Crippen LogP contribution in [0.4, 0.5) is 0 Å². The molecule has 2 unspecified atom stereocenters. The molecule has 0 saturated carbocycles. The van der Waals surface area contributed by atoms with E-state index in [9.17, 15) is 0 Å². The average molecular weight is 336 g/mol. The lowest BCUT2D eigenvalue weighted by Crippen LogP contribution is -2.38. The van der Waals surface area contributed by atoms with Crippen molar-refractivity contribution in [3.63, 3.8) is 0 Å². The number of hydrogen-bond acceptors (Lipinski definition) is 2. The third-order valence-corrected chi connectivity index (χ3v) is 5.40. The Kier molecular flexibility index (Phi) is 6.00. The number of benzene rings is 1. The van der Waals surface area contributed by atoms with Gasteiger partial charge in [-0.2, -0.15) is 0 Å². The van der Waals surface area contributed by atoms with Gasteiger partial charge in [0.2, 0.25) is 0 Å². The molecule has 0 bridgehead atoms. The molecule has 1 aromatic rings. The Morgan fingerprint density at radius 1 is 1.30 bits per heavy atom. The molecular formula is C15H21Cl3N2. The van der Waals surface area contributed by atoms with Gasteiger partial charge >= 0.3 is 0 Å². The molecule has 0 aliphatic carbocycles. The van der Waals surface area contributed by atoms with Gasteiger partial charge in [0.05, 0.1) is 15.1 Å². The molecule has 1 fully saturated rings. The van der Waals surface area contributed by atoms with E-state index in [0.717, 1.165) is 18.7 Å². The minimum atomic E-state index is 0.163. The third kappa shape index (κ3) is 3.61. The van der Waals surface area contributed by atoms with Crippen molar-refractivity contribution in [3.05, 3.63) is 32.8 Å². The molecule has 1 aliphatic heterocycles. The second-order valence-corrected chi connectivity index (χ2v) is 6.48. The van der Waals surface area contributed by atoms with Gasteiger partial charge in [0.15, 0.2) is 0 Å². The molecule has 2 atom stereocenters. The second kappa shape index (κ2) is 7.33. The van der Waals surface area contributed by atoms with Crippen LogP contribution in [0.3, 0.4) is 0 Å². The topological polar surface area (TPSA) is 15.3 Å². The maximum absolute atomic E-state index is 6.28. The molecular weight excluding hydrogens is 315 g/mol. The summed E-state index contributed by atoms with van der Waals surface area (Å²) in [4.78, 5) is 2.52. The Labute approximate surface area is 136 Å². The second-order valence-electron chi connectivity index (χ2n) is 5.32. The van der Waals surface area contributed by atoms with Crippen LogP contribution in [0, 0.1) is 0 Å². The van der Waals surface area contributed by atoms with E-state index >= 15 is 0 Å². The van der Waals surface area contributed by atoms with Gasteiger partial charge in [0.1, 0.15) is 0 Å². The number of rotatable bonds is 5. The summed E-state index contributed by atoms with van der Waals surface area (Å²) in [5, 5.41) is 5.06. The van der Waals surface area contributed by atoms with Crippen molar-refractivity contribution in [2.75, 3.05) is 19.6 Å². The Balaban J connectivity index is 1.98. The van der Waals surface area contributed by atoms with Gasteiger partial charge < -0.3 is 5.32 Å². The van der Waals surface area contributed by atoms with E-state index < -0.39 is 0 Å². The van der Waals surface area contributed by atoms with Gasteiger partial charge in [0.25, 0.3) is 0 Å². The quantitative estimate of drug-likeness (QED) is 0.779. The zero-order valence-corrected chi connectivity index (χ0v) is 14.2. The molecule has 5 heteroatoms. The molecule has 2 rings (SSSR count). The zero-order chi connectivity index (χ0) is 14.7. The number of nitrogens with zero attached hydrogens (tertiary/aromatic N) is 1. The standard InChI is InChI=1S/C15H21Cl3N2/c1-3-20-8-4-5-11(20)9-19-10(2)12-6-7-13(16)15(18)14(12)17/h6-7,10-11,19H,3-5,8-9H2,1-2H3. The van der Waals surface area contributed by atoms with Crippen LogP contribution in [0.25, 0.3) is 0 Å². The summed E-state index contributed by atoms with van der Waals surface area (Å²) in [6, 6.07) is 4.54. The van der Waals surface area contributed by atoms with E-state index in [4.69, 9.17) is 34.8 Å². The van der Waals surface area contributed by atoms with Crippen LogP contribution in [0.5, 0.6) is 0 Å². The van der Waals surface area contributed by atoms with Crippen LogP contribution in [0.15, 0.2) is 12.1 Å². The van der Waals surface area contributed by atoms with E-state index in [1.165, 1.54) is 19.4 Å². The van der Waals surface area contributed by atoms with Crippen molar-refractivity contribution in [1.29, 1.82) is 0 Å². The summed E-state index contributed by atoms with van der Waals surface area (Å²) in [6.45, 7) is 7.64. The highest BCUT2D eigenvalue weighted by molar-refractivity contribution is 6.48. The first-order valence-corrected chi connectivity index (χ1v) is 8.28. The lowest BCUT2D eigenvalue weighted by Gasteiger charge is -2.25. The van der Waals surface area contributed by atoms with Gasteiger partial charge in [-0.15, -0.1) is 0 Å². The maximum Gasteiger partial charge on any atom is 0.0781 e. The first kappa shape index (κ1) is 16.4. The van der Waals surface area contributed by atoms with Crippen molar-refractivity contribution < 1.29 is 0 Å². The molecule has 0 radical (unpaired) electrons. The van der Waals surface area contributed by atoms with E-state index in [-0.39, 0.29) is 6.04 Å². The minimum Gasteiger partial charge on any atom is -0.309 e. The predicted molar refractivity (Wildman–Crippen MR) is 88.2 cm³/mol. The summed E-state index contributed by atoms with van der Waals surface area (Å²) in [7, 11) is 0. The van der Waals surface area contributed by atoms with Crippen molar-refractivity contribution in [1.82, 2.24) is 10.2 Å². The van der Waals surface area contributed by atoms with Crippen LogP contribution in [-0.2, 0) is 0 Å². The highest BCUT2D eigenvalue weighted by atomic mass is 35.5. The molecule has 1 heterocycles. The van der Waals surface area contributed by atoms with Crippen LogP contribution < -0.4 is 5.32 Å². The van der Waals surface area contributed by atoms with Gasteiger partial charge in [-0.25, -0.2) is 0 Å². The number of halogens is 3. The lowest BCUT2D eigenvalue weighted by molar-refractivity contribution is 0.255. The van der Waals surface area contributed by atoms with Crippen molar-refractivity contribution in [2.24, 2.45) is 0 Å². The molecule has 2 nitrogen and oxygen atoms in total. The lowest BCUT2D eigenvalue weighted by atomic mass is 10.1. The molecule has 20 heavy (non-hydrogen) atoms. The summed E-state index contributed by atoms with van der Waals surface area (Å²) < 4.78 is 0. The molecule has 0 spiro atoms. The highest BCUT2D eigenvalue weighted by Gasteiger charge is 2.23. The fraction of sp³-hybridized carbons (Fsp3) is 0.600. The monoisotopic (exact) mass is 334 g/mol. The Morgan fingerprint density at radius 3 is 2.75 bits per heavy atom. The minimum absolute atomic E-state index is 0.163. The highest BCUT2D eigenvalue weighted by Crippen LogP contribution is 2.35. The summed E-state index contributed by atoms with van der Waals surface area (Å²) >= 11 is 18.3. The molecule has 1 saturated heterocycles. The fourth-order valence-corrected chi connectivity index (χ4v) is 3.55. The predicted octanol–water partition coefficient (Wildman–Crippen LogP) is 4.78. The molecule has 1 aromatic carbocycles. The van der Waals surface area contributed by atoms with Crippen LogP contribution in [0.1, 0.15) is 38.3 Å².